The fourth-order valence-corrected chi connectivity index (χ4v) is 3.62. The van der Waals surface area contributed by atoms with Gasteiger partial charge in [0.2, 0.25) is 11.8 Å². The fourth-order valence-electron chi connectivity index (χ4n) is 2.80. The molecule has 2 aromatic rings. The highest BCUT2D eigenvalue weighted by Gasteiger charge is 2.24. The third-order valence-corrected chi connectivity index (χ3v) is 4.91. The Morgan fingerprint density at radius 1 is 1.29 bits per heavy atom. The highest BCUT2D eigenvalue weighted by Crippen LogP contribution is 2.30. The molecule has 7 nitrogen and oxygen atoms in total. The summed E-state index contributed by atoms with van der Waals surface area (Å²) < 4.78 is 0. The van der Waals surface area contributed by atoms with Gasteiger partial charge < -0.3 is 10.2 Å². The van der Waals surface area contributed by atoms with E-state index in [1.54, 1.807) is 25.5 Å². The lowest BCUT2D eigenvalue weighted by Gasteiger charge is -2.31. The van der Waals surface area contributed by atoms with Crippen molar-refractivity contribution in [1.29, 1.82) is 0 Å². The van der Waals surface area contributed by atoms with Crippen LogP contribution in [-0.2, 0) is 9.59 Å². The van der Waals surface area contributed by atoms with E-state index in [9.17, 15) is 9.59 Å². The maximum absolute atomic E-state index is 11.6. The molecule has 1 atom stereocenters. The van der Waals surface area contributed by atoms with Gasteiger partial charge >= 0.3 is 0 Å². The van der Waals surface area contributed by atoms with Crippen molar-refractivity contribution in [3.63, 3.8) is 0 Å². The third-order valence-electron chi connectivity index (χ3n) is 3.98. The van der Waals surface area contributed by atoms with Crippen LogP contribution in [0.4, 0.5) is 5.13 Å². The zero-order chi connectivity index (χ0) is 17.1. The topological polar surface area (TPSA) is 88.1 Å². The number of hydrogen-bond donors (Lipinski definition) is 1. The summed E-state index contributed by atoms with van der Waals surface area (Å²) in [5.74, 6) is 0.159. The average molecular weight is 345 g/mol. The van der Waals surface area contributed by atoms with Crippen molar-refractivity contribution in [2.45, 2.75) is 32.6 Å². The van der Waals surface area contributed by atoms with Gasteiger partial charge in [0.05, 0.1) is 16.8 Å². The highest BCUT2D eigenvalue weighted by atomic mass is 32.1. The van der Waals surface area contributed by atoms with Crippen LogP contribution in [0.5, 0.6) is 0 Å². The molecule has 0 bridgehead atoms. The molecule has 0 aliphatic carbocycles. The summed E-state index contributed by atoms with van der Waals surface area (Å²) in [4.78, 5) is 38.6. The molecule has 0 saturated carbocycles. The van der Waals surface area contributed by atoms with E-state index in [4.69, 9.17) is 4.98 Å². The van der Waals surface area contributed by atoms with E-state index >= 15 is 0 Å². The number of anilines is 1. The zero-order valence-electron chi connectivity index (χ0n) is 13.7. The van der Waals surface area contributed by atoms with E-state index in [1.165, 1.54) is 18.3 Å². The third kappa shape index (κ3) is 3.76. The van der Waals surface area contributed by atoms with Crippen LogP contribution in [-0.4, -0.2) is 44.8 Å². The first-order chi connectivity index (χ1) is 11.5. The summed E-state index contributed by atoms with van der Waals surface area (Å²) in [5, 5.41) is 3.21. The summed E-state index contributed by atoms with van der Waals surface area (Å²) in [6.45, 7) is 4.55. The number of carbonyl (C=O) groups excluding carboxylic acids is 2. The molecule has 8 heteroatoms. The molecule has 0 aromatic carbocycles. The number of hydrogen-bond acceptors (Lipinski definition) is 6. The molecule has 1 aliphatic heterocycles. The molecule has 1 aliphatic rings. The number of amides is 2. The standard InChI is InChI=1S/C16H19N5O2S/c1-10(22)19-16-18-8-15(24-16)14-7-17-6-13(20-14)12-4-3-5-21(9-12)11(2)23/h6-8,12H,3-5,9H2,1-2H3,(H,18,19,22). The number of nitrogens with zero attached hydrogens (tertiary/aromatic N) is 4. The van der Waals surface area contributed by atoms with Gasteiger partial charge in [0.25, 0.3) is 0 Å². The Labute approximate surface area is 144 Å². The summed E-state index contributed by atoms with van der Waals surface area (Å²) in [6, 6.07) is 0. The minimum absolute atomic E-state index is 0.103. The Kier molecular flexibility index (Phi) is 4.84. The molecule has 3 rings (SSSR count). The van der Waals surface area contributed by atoms with Crippen molar-refractivity contribution < 1.29 is 9.59 Å². The number of likely N-dealkylation sites (tertiary alicyclic amines) is 1. The van der Waals surface area contributed by atoms with E-state index in [0.717, 1.165) is 35.7 Å². The van der Waals surface area contributed by atoms with Gasteiger partial charge in [0, 0.05) is 45.2 Å². The summed E-state index contributed by atoms with van der Waals surface area (Å²) >= 11 is 1.37. The van der Waals surface area contributed by atoms with Gasteiger partial charge in [0.15, 0.2) is 5.13 Å². The van der Waals surface area contributed by atoms with Crippen molar-refractivity contribution >= 4 is 28.3 Å². The fraction of sp³-hybridized carbons (Fsp3) is 0.438. The largest absolute Gasteiger partial charge is 0.342 e. The van der Waals surface area contributed by atoms with Crippen LogP contribution in [0.1, 0.15) is 38.3 Å². The first kappa shape index (κ1) is 16.5. The molecule has 2 amide bonds. The molecular weight excluding hydrogens is 326 g/mol. The quantitative estimate of drug-likeness (QED) is 0.922. The number of nitrogens with one attached hydrogen (secondary N) is 1. The normalized spacial score (nSPS) is 17.6. The number of piperidine rings is 1. The monoisotopic (exact) mass is 345 g/mol. The van der Waals surface area contributed by atoms with Crippen LogP contribution >= 0.6 is 11.3 Å². The van der Waals surface area contributed by atoms with Crippen LogP contribution < -0.4 is 5.32 Å². The lowest BCUT2D eigenvalue weighted by Crippen LogP contribution is -2.37. The molecule has 1 N–H and O–H groups in total. The maximum Gasteiger partial charge on any atom is 0.223 e. The van der Waals surface area contributed by atoms with Gasteiger partial charge in [-0.15, -0.1) is 0 Å². The van der Waals surface area contributed by atoms with Gasteiger partial charge in [-0.1, -0.05) is 11.3 Å². The van der Waals surface area contributed by atoms with Gasteiger partial charge in [0.1, 0.15) is 5.69 Å². The van der Waals surface area contributed by atoms with Crippen molar-refractivity contribution in [3.8, 4) is 10.6 Å². The summed E-state index contributed by atoms with van der Waals surface area (Å²) in [5.41, 5.74) is 1.63. The lowest BCUT2D eigenvalue weighted by atomic mass is 9.95. The number of thiazole rings is 1. The molecule has 1 saturated heterocycles. The van der Waals surface area contributed by atoms with Gasteiger partial charge in [-0.3, -0.25) is 14.6 Å². The molecule has 0 radical (unpaired) electrons. The minimum atomic E-state index is -0.151. The maximum atomic E-state index is 11.6. The van der Waals surface area contributed by atoms with Crippen molar-refractivity contribution in [2.75, 3.05) is 18.4 Å². The lowest BCUT2D eigenvalue weighted by molar-refractivity contribution is -0.130. The average Bonchev–Trinajstić information content (AvgIpc) is 3.03. The second-order valence-electron chi connectivity index (χ2n) is 5.84. The van der Waals surface area contributed by atoms with Crippen LogP contribution in [0.15, 0.2) is 18.6 Å². The van der Waals surface area contributed by atoms with Crippen LogP contribution in [0.3, 0.4) is 0 Å². The Morgan fingerprint density at radius 3 is 2.88 bits per heavy atom. The van der Waals surface area contributed by atoms with Gasteiger partial charge in [-0.05, 0) is 12.8 Å². The second kappa shape index (κ2) is 7.04. The van der Waals surface area contributed by atoms with E-state index in [0.29, 0.717) is 11.7 Å². The van der Waals surface area contributed by atoms with Gasteiger partial charge in [-0.2, -0.15) is 0 Å². The summed E-state index contributed by atoms with van der Waals surface area (Å²) in [7, 11) is 0. The van der Waals surface area contributed by atoms with E-state index in [-0.39, 0.29) is 17.7 Å². The number of aromatic nitrogens is 3. The predicted molar refractivity (Wildman–Crippen MR) is 91.7 cm³/mol. The molecule has 126 valence electrons. The Bertz CT molecular complexity index is 760. The van der Waals surface area contributed by atoms with Crippen LogP contribution in [0.25, 0.3) is 10.6 Å². The van der Waals surface area contributed by atoms with Gasteiger partial charge in [-0.25, -0.2) is 9.97 Å². The summed E-state index contributed by atoms with van der Waals surface area (Å²) in [6.07, 6.45) is 7.13. The number of rotatable bonds is 3. The molecule has 0 spiro atoms. The Hall–Kier alpha value is -2.35. The molecular formula is C16H19N5O2S. The molecule has 3 heterocycles. The minimum Gasteiger partial charge on any atom is -0.342 e. The molecule has 2 aromatic heterocycles. The van der Waals surface area contributed by atoms with Crippen LogP contribution in [0, 0.1) is 0 Å². The van der Waals surface area contributed by atoms with E-state index in [1.807, 2.05) is 4.90 Å². The SMILES string of the molecule is CC(=O)Nc1ncc(-c2cncc(C3CCCN(C(C)=O)C3)n2)s1. The zero-order valence-corrected chi connectivity index (χ0v) is 14.5. The Balaban J connectivity index is 1.80. The molecule has 24 heavy (non-hydrogen) atoms. The van der Waals surface area contributed by atoms with E-state index < -0.39 is 0 Å². The molecule has 1 fully saturated rings. The van der Waals surface area contributed by atoms with Crippen molar-refractivity contribution in [3.05, 3.63) is 24.3 Å². The first-order valence-corrected chi connectivity index (χ1v) is 8.66. The Morgan fingerprint density at radius 2 is 2.12 bits per heavy atom. The number of carbonyl (C=O) groups is 2. The van der Waals surface area contributed by atoms with E-state index in [2.05, 4.69) is 15.3 Å². The second-order valence-corrected chi connectivity index (χ2v) is 6.87. The highest BCUT2D eigenvalue weighted by molar-refractivity contribution is 7.19. The predicted octanol–water partition coefficient (Wildman–Crippen LogP) is 2.28. The smallest absolute Gasteiger partial charge is 0.223 e. The van der Waals surface area contributed by atoms with Crippen LogP contribution in [0.2, 0.25) is 0 Å². The van der Waals surface area contributed by atoms with Crippen molar-refractivity contribution in [1.82, 2.24) is 19.9 Å². The molecule has 1 unspecified atom stereocenters. The van der Waals surface area contributed by atoms with Crippen molar-refractivity contribution in [2.24, 2.45) is 0 Å². The first-order valence-electron chi connectivity index (χ1n) is 7.84.